The van der Waals surface area contributed by atoms with Crippen molar-refractivity contribution in [2.75, 3.05) is 19.6 Å². The lowest BCUT2D eigenvalue weighted by molar-refractivity contribution is 0.0909. The zero-order valence-electron chi connectivity index (χ0n) is 22.6. The number of amidine groups is 2. The number of carbonyl (C=O) groups excluding carboxylic acids is 1. The molecule has 2 fully saturated rings. The molecule has 11 nitrogen and oxygen atoms in total. The summed E-state index contributed by atoms with van der Waals surface area (Å²) in [6.45, 7) is 3.14. The fourth-order valence-corrected chi connectivity index (χ4v) is 4.79. The molecule has 0 spiro atoms. The van der Waals surface area contributed by atoms with Crippen LogP contribution in [0.5, 0.6) is 23.0 Å². The van der Waals surface area contributed by atoms with Gasteiger partial charge in [0.15, 0.2) is 11.7 Å². The normalized spacial score (nSPS) is 16.8. The Hall–Kier alpha value is -4.77. The fourth-order valence-electron chi connectivity index (χ4n) is 4.79. The standard InChI is InChI=1S/C30H34N6O5/c31-28(34-38)20-3-7-24(8-4-20)40-26-15-22(30(37)33-23-11-13-36(14-12-23)18-19-1-2-19)16-27(17-26)41-25-9-5-21(6-10-25)29(32)35-39/h3-10,15-17,19,23,38-39H,1-2,11-14,18H2,(H2,31,34)(H2,32,35)(H,33,37). The number of piperidine rings is 1. The Morgan fingerprint density at radius 2 is 1.24 bits per heavy atom. The minimum absolute atomic E-state index is 0.0117. The van der Waals surface area contributed by atoms with Gasteiger partial charge in [-0.05, 0) is 92.3 Å². The fraction of sp³-hybridized carbons (Fsp3) is 0.300. The Morgan fingerprint density at radius 1 is 0.756 bits per heavy atom. The van der Waals surface area contributed by atoms with E-state index < -0.39 is 0 Å². The van der Waals surface area contributed by atoms with Gasteiger partial charge in [0, 0.05) is 48.4 Å². The van der Waals surface area contributed by atoms with Gasteiger partial charge in [-0.2, -0.15) is 0 Å². The first-order chi connectivity index (χ1) is 19.9. The average molecular weight is 559 g/mol. The summed E-state index contributed by atoms with van der Waals surface area (Å²) in [4.78, 5) is 15.9. The highest BCUT2D eigenvalue weighted by Gasteiger charge is 2.27. The second-order valence-electron chi connectivity index (χ2n) is 10.4. The number of oxime groups is 2. The van der Waals surface area contributed by atoms with E-state index >= 15 is 0 Å². The molecule has 1 amide bonds. The van der Waals surface area contributed by atoms with Crippen LogP contribution in [0.25, 0.3) is 0 Å². The number of hydrogen-bond donors (Lipinski definition) is 5. The van der Waals surface area contributed by atoms with E-state index in [0.717, 1.165) is 31.8 Å². The lowest BCUT2D eigenvalue weighted by Gasteiger charge is -2.32. The number of ether oxygens (including phenoxy) is 2. The van der Waals surface area contributed by atoms with Crippen molar-refractivity contribution in [3.8, 4) is 23.0 Å². The number of benzene rings is 3. The Morgan fingerprint density at radius 3 is 1.68 bits per heavy atom. The number of nitrogens with two attached hydrogens (primary N) is 2. The third kappa shape index (κ3) is 7.46. The maximum atomic E-state index is 13.4. The molecule has 11 heteroatoms. The molecule has 0 atom stereocenters. The summed E-state index contributed by atoms with van der Waals surface area (Å²) in [5, 5.41) is 27.0. The highest BCUT2D eigenvalue weighted by molar-refractivity contribution is 5.97. The molecule has 1 aliphatic heterocycles. The second kappa shape index (κ2) is 12.6. The van der Waals surface area contributed by atoms with Crippen molar-refractivity contribution in [2.45, 2.75) is 31.7 Å². The first-order valence-electron chi connectivity index (χ1n) is 13.6. The predicted octanol–water partition coefficient (Wildman–Crippen LogP) is 4.06. The highest BCUT2D eigenvalue weighted by Crippen LogP contribution is 2.32. The van der Waals surface area contributed by atoms with Crippen molar-refractivity contribution in [1.82, 2.24) is 10.2 Å². The number of nitrogens with one attached hydrogen (secondary N) is 1. The van der Waals surface area contributed by atoms with Crippen LogP contribution in [0.15, 0.2) is 77.0 Å². The maximum absolute atomic E-state index is 13.4. The van der Waals surface area contributed by atoms with Gasteiger partial charge >= 0.3 is 0 Å². The molecule has 2 aliphatic rings. The van der Waals surface area contributed by atoms with Crippen molar-refractivity contribution in [3.05, 3.63) is 83.4 Å². The van der Waals surface area contributed by atoms with Crippen LogP contribution in [0.3, 0.4) is 0 Å². The van der Waals surface area contributed by atoms with E-state index in [1.165, 1.54) is 19.4 Å². The number of rotatable bonds is 10. The molecule has 0 bridgehead atoms. The van der Waals surface area contributed by atoms with Gasteiger partial charge in [0.1, 0.15) is 23.0 Å². The van der Waals surface area contributed by atoms with E-state index in [4.69, 9.17) is 31.4 Å². The Bertz CT molecular complexity index is 1330. The molecule has 3 aromatic carbocycles. The number of carbonyl (C=O) groups is 1. The van der Waals surface area contributed by atoms with E-state index in [1.54, 1.807) is 66.7 Å². The molecular formula is C30H34N6O5. The number of hydrogen-bond acceptors (Lipinski definition) is 8. The van der Waals surface area contributed by atoms with Crippen molar-refractivity contribution in [3.63, 3.8) is 0 Å². The number of amides is 1. The van der Waals surface area contributed by atoms with E-state index in [-0.39, 0.29) is 23.6 Å². The van der Waals surface area contributed by atoms with Crippen molar-refractivity contribution < 1.29 is 24.7 Å². The van der Waals surface area contributed by atoms with Gasteiger partial charge in [0.25, 0.3) is 5.91 Å². The summed E-state index contributed by atoms with van der Waals surface area (Å²) in [5.41, 5.74) is 12.8. The average Bonchev–Trinajstić information content (AvgIpc) is 3.82. The molecule has 0 unspecified atom stereocenters. The predicted molar refractivity (Wildman–Crippen MR) is 154 cm³/mol. The summed E-state index contributed by atoms with van der Waals surface area (Å²) < 4.78 is 12.1. The van der Waals surface area contributed by atoms with Crippen LogP contribution in [-0.2, 0) is 0 Å². The topological polar surface area (TPSA) is 168 Å². The molecule has 214 valence electrons. The number of nitrogens with zero attached hydrogens (tertiary/aromatic N) is 3. The van der Waals surface area contributed by atoms with E-state index in [9.17, 15) is 4.79 Å². The largest absolute Gasteiger partial charge is 0.457 e. The first kappa shape index (κ1) is 27.8. The monoisotopic (exact) mass is 558 g/mol. The van der Waals surface area contributed by atoms with Crippen molar-refractivity contribution >= 4 is 17.6 Å². The van der Waals surface area contributed by atoms with Gasteiger partial charge < -0.3 is 41.6 Å². The molecule has 41 heavy (non-hydrogen) atoms. The molecular weight excluding hydrogens is 524 g/mol. The summed E-state index contributed by atoms with van der Waals surface area (Å²) in [7, 11) is 0. The van der Waals surface area contributed by atoms with Gasteiger partial charge in [0.05, 0.1) is 0 Å². The summed E-state index contributed by atoms with van der Waals surface area (Å²) in [6.07, 6.45) is 4.50. The second-order valence-corrected chi connectivity index (χ2v) is 10.4. The molecule has 7 N–H and O–H groups in total. The molecule has 1 aliphatic carbocycles. The lowest BCUT2D eigenvalue weighted by Crippen LogP contribution is -2.45. The molecule has 0 aromatic heterocycles. The van der Waals surface area contributed by atoms with Gasteiger partial charge in [0.2, 0.25) is 0 Å². The molecule has 5 rings (SSSR count). The van der Waals surface area contributed by atoms with Crippen LogP contribution in [0, 0.1) is 5.92 Å². The minimum atomic E-state index is -0.203. The Balaban J connectivity index is 1.33. The summed E-state index contributed by atoms with van der Waals surface area (Å²) in [5.74, 6) is 2.42. The van der Waals surface area contributed by atoms with Crippen LogP contribution >= 0.6 is 0 Å². The van der Waals surface area contributed by atoms with E-state index in [2.05, 4.69) is 20.5 Å². The van der Waals surface area contributed by atoms with Crippen molar-refractivity contribution in [1.29, 1.82) is 0 Å². The lowest BCUT2D eigenvalue weighted by atomic mass is 10.0. The summed E-state index contributed by atoms with van der Waals surface area (Å²) in [6, 6.07) is 18.5. The molecule has 0 radical (unpaired) electrons. The van der Waals surface area contributed by atoms with Gasteiger partial charge in [-0.1, -0.05) is 10.3 Å². The van der Waals surface area contributed by atoms with E-state index in [1.807, 2.05) is 0 Å². The molecule has 1 heterocycles. The quantitative estimate of drug-likeness (QED) is 0.107. The zero-order chi connectivity index (χ0) is 28.8. The van der Waals surface area contributed by atoms with Crippen molar-refractivity contribution in [2.24, 2.45) is 27.7 Å². The molecule has 1 saturated heterocycles. The third-order valence-corrected chi connectivity index (χ3v) is 7.27. The Kier molecular flexibility index (Phi) is 8.54. The van der Waals surface area contributed by atoms with Crippen LogP contribution < -0.4 is 26.3 Å². The maximum Gasteiger partial charge on any atom is 0.251 e. The highest BCUT2D eigenvalue weighted by atomic mass is 16.5. The SMILES string of the molecule is NC(=NO)c1ccc(Oc2cc(Oc3ccc(C(N)=NO)cc3)cc(C(=O)NC3CCN(CC4CC4)CC3)c2)cc1. The van der Waals surface area contributed by atoms with Gasteiger partial charge in [-0.15, -0.1) is 0 Å². The zero-order valence-corrected chi connectivity index (χ0v) is 22.6. The first-order valence-corrected chi connectivity index (χ1v) is 13.6. The minimum Gasteiger partial charge on any atom is -0.457 e. The van der Waals surface area contributed by atoms with Gasteiger partial charge in [-0.3, -0.25) is 4.79 Å². The van der Waals surface area contributed by atoms with Crippen LogP contribution in [0.2, 0.25) is 0 Å². The van der Waals surface area contributed by atoms with Crippen LogP contribution in [0.4, 0.5) is 0 Å². The molecule has 3 aromatic rings. The third-order valence-electron chi connectivity index (χ3n) is 7.27. The summed E-state index contributed by atoms with van der Waals surface area (Å²) >= 11 is 0. The van der Waals surface area contributed by atoms with Crippen LogP contribution in [-0.4, -0.2) is 58.6 Å². The van der Waals surface area contributed by atoms with Crippen LogP contribution in [0.1, 0.15) is 47.2 Å². The van der Waals surface area contributed by atoms with E-state index in [0.29, 0.717) is 39.7 Å². The smallest absolute Gasteiger partial charge is 0.251 e. The number of likely N-dealkylation sites (tertiary alicyclic amines) is 1. The Labute approximate surface area is 238 Å². The van der Waals surface area contributed by atoms with Gasteiger partial charge in [-0.25, -0.2) is 0 Å². The molecule has 1 saturated carbocycles.